The van der Waals surface area contributed by atoms with Crippen LogP contribution in [0, 0.1) is 13.8 Å². The Balaban J connectivity index is 2.06. The van der Waals surface area contributed by atoms with Gasteiger partial charge in [0.2, 0.25) is 0 Å². The predicted octanol–water partition coefficient (Wildman–Crippen LogP) is 4.18. The Morgan fingerprint density at radius 3 is 2.27 bits per heavy atom. The molecule has 1 amide bonds. The molecule has 0 saturated heterocycles. The minimum Gasteiger partial charge on any atom is -0.459 e. The third-order valence-electron chi connectivity index (χ3n) is 3.01. The van der Waals surface area contributed by atoms with Gasteiger partial charge in [0.1, 0.15) is 0 Å². The molecule has 0 unspecified atom stereocenters. The standard InChI is InChI=1S/C17H19NO3S/c1-10(2)21-17(20)13-5-7-14(8-6-13)18-16(19)15-9-11(3)22-12(15)4/h5-10H,1-4H3,(H,18,19). The maximum Gasteiger partial charge on any atom is 0.338 e. The van der Waals surface area contributed by atoms with E-state index in [9.17, 15) is 9.59 Å². The molecule has 1 aromatic carbocycles. The van der Waals surface area contributed by atoms with E-state index < -0.39 is 0 Å². The van der Waals surface area contributed by atoms with Crippen molar-refractivity contribution in [1.82, 2.24) is 0 Å². The SMILES string of the molecule is Cc1cc(C(=O)Nc2ccc(C(=O)OC(C)C)cc2)c(C)s1. The summed E-state index contributed by atoms with van der Waals surface area (Å²) < 4.78 is 5.12. The summed E-state index contributed by atoms with van der Waals surface area (Å²) in [6.45, 7) is 7.51. The van der Waals surface area contributed by atoms with Crippen molar-refractivity contribution in [2.75, 3.05) is 5.32 Å². The molecular formula is C17H19NO3S. The maximum absolute atomic E-state index is 12.2. The minimum absolute atomic E-state index is 0.139. The second-order valence-corrected chi connectivity index (χ2v) is 6.77. The van der Waals surface area contributed by atoms with E-state index in [4.69, 9.17) is 4.74 Å². The van der Waals surface area contributed by atoms with Gasteiger partial charge in [0, 0.05) is 15.4 Å². The highest BCUT2D eigenvalue weighted by Crippen LogP contribution is 2.22. The largest absolute Gasteiger partial charge is 0.459 e. The molecule has 0 bridgehead atoms. The Hall–Kier alpha value is -2.14. The number of hydrogen-bond acceptors (Lipinski definition) is 4. The number of amides is 1. The Morgan fingerprint density at radius 1 is 1.14 bits per heavy atom. The van der Waals surface area contributed by atoms with Crippen molar-refractivity contribution < 1.29 is 14.3 Å². The molecule has 5 heteroatoms. The summed E-state index contributed by atoms with van der Waals surface area (Å²) in [5.74, 6) is -0.503. The number of rotatable bonds is 4. The smallest absolute Gasteiger partial charge is 0.338 e. The Labute approximate surface area is 134 Å². The number of benzene rings is 1. The number of esters is 1. The fourth-order valence-corrected chi connectivity index (χ4v) is 2.95. The van der Waals surface area contributed by atoms with Crippen LogP contribution in [-0.2, 0) is 4.74 Å². The summed E-state index contributed by atoms with van der Waals surface area (Å²) in [4.78, 5) is 26.1. The van der Waals surface area contributed by atoms with Crippen LogP contribution in [0.25, 0.3) is 0 Å². The number of nitrogens with one attached hydrogen (secondary N) is 1. The van der Waals surface area contributed by atoms with E-state index in [2.05, 4.69) is 5.32 Å². The average Bonchev–Trinajstić information content (AvgIpc) is 2.78. The summed E-state index contributed by atoms with van der Waals surface area (Å²) >= 11 is 1.60. The molecule has 0 aliphatic heterocycles. The van der Waals surface area contributed by atoms with Crippen molar-refractivity contribution in [3.63, 3.8) is 0 Å². The van der Waals surface area contributed by atoms with Crippen LogP contribution < -0.4 is 5.32 Å². The molecule has 0 spiro atoms. The van der Waals surface area contributed by atoms with Crippen LogP contribution in [-0.4, -0.2) is 18.0 Å². The summed E-state index contributed by atoms with van der Waals surface area (Å²) in [7, 11) is 0. The van der Waals surface area contributed by atoms with E-state index in [1.165, 1.54) is 0 Å². The van der Waals surface area contributed by atoms with Gasteiger partial charge in [-0.1, -0.05) is 0 Å². The van der Waals surface area contributed by atoms with Crippen LogP contribution in [0.3, 0.4) is 0 Å². The van der Waals surface area contributed by atoms with Crippen LogP contribution in [0.15, 0.2) is 30.3 Å². The molecule has 0 saturated carbocycles. The Bertz CT molecular complexity index is 686. The quantitative estimate of drug-likeness (QED) is 0.861. The van der Waals surface area contributed by atoms with Crippen molar-refractivity contribution in [1.29, 1.82) is 0 Å². The van der Waals surface area contributed by atoms with Crippen LogP contribution in [0.1, 0.15) is 44.3 Å². The second-order valence-electron chi connectivity index (χ2n) is 5.31. The van der Waals surface area contributed by atoms with E-state index in [0.717, 1.165) is 9.75 Å². The van der Waals surface area contributed by atoms with Crippen molar-refractivity contribution in [2.45, 2.75) is 33.8 Å². The van der Waals surface area contributed by atoms with Gasteiger partial charge < -0.3 is 10.1 Å². The molecule has 0 radical (unpaired) electrons. The first-order valence-electron chi connectivity index (χ1n) is 7.06. The molecule has 1 aromatic heterocycles. The molecule has 22 heavy (non-hydrogen) atoms. The Kier molecular flexibility index (Phi) is 4.98. The topological polar surface area (TPSA) is 55.4 Å². The van der Waals surface area contributed by atoms with E-state index in [1.807, 2.05) is 19.9 Å². The van der Waals surface area contributed by atoms with Gasteiger partial charge in [0.25, 0.3) is 5.91 Å². The van der Waals surface area contributed by atoms with Crippen LogP contribution in [0.4, 0.5) is 5.69 Å². The van der Waals surface area contributed by atoms with Gasteiger partial charge in [-0.05, 0) is 58.0 Å². The third-order valence-corrected chi connectivity index (χ3v) is 3.97. The molecule has 0 aliphatic carbocycles. The van der Waals surface area contributed by atoms with Crippen LogP contribution in [0.5, 0.6) is 0 Å². The lowest BCUT2D eigenvalue weighted by Crippen LogP contribution is -2.13. The molecule has 2 rings (SSSR count). The summed E-state index contributed by atoms with van der Waals surface area (Å²) in [6.07, 6.45) is -0.156. The third kappa shape index (κ3) is 3.95. The minimum atomic E-state index is -0.364. The van der Waals surface area contributed by atoms with Gasteiger partial charge in [0.15, 0.2) is 0 Å². The van der Waals surface area contributed by atoms with Crippen molar-refractivity contribution in [3.8, 4) is 0 Å². The molecule has 0 fully saturated rings. The van der Waals surface area contributed by atoms with Gasteiger partial charge >= 0.3 is 5.97 Å². The highest BCUT2D eigenvalue weighted by Gasteiger charge is 2.13. The number of thiophene rings is 1. The van der Waals surface area contributed by atoms with Gasteiger partial charge in [-0.15, -0.1) is 11.3 Å². The number of anilines is 1. The molecule has 0 aliphatic rings. The van der Waals surface area contributed by atoms with E-state index >= 15 is 0 Å². The number of ether oxygens (including phenoxy) is 1. The van der Waals surface area contributed by atoms with Gasteiger partial charge in [0.05, 0.1) is 17.2 Å². The lowest BCUT2D eigenvalue weighted by molar-refractivity contribution is 0.0378. The maximum atomic E-state index is 12.2. The molecular weight excluding hydrogens is 298 g/mol. The highest BCUT2D eigenvalue weighted by atomic mass is 32.1. The van der Waals surface area contributed by atoms with Crippen LogP contribution >= 0.6 is 11.3 Å². The highest BCUT2D eigenvalue weighted by molar-refractivity contribution is 7.12. The molecule has 1 heterocycles. The van der Waals surface area contributed by atoms with Crippen molar-refractivity contribution >= 4 is 28.9 Å². The molecule has 1 N–H and O–H groups in total. The zero-order valence-electron chi connectivity index (χ0n) is 13.1. The van der Waals surface area contributed by atoms with Crippen LogP contribution in [0.2, 0.25) is 0 Å². The Morgan fingerprint density at radius 2 is 1.77 bits per heavy atom. The summed E-state index contributed by atoms with van der Waals surface area (Å²) in [5, 5.41) is 2.83. The normalized spacial score (nSPS) is 10.6. The van der Waals surface area contributed by atoms with E-state index in [1.54, 1.807) is 49.4 Å². The van der Waals surface area contributed by atoms with Gasteiger partial charge in [-0.3, -0.25) is 4.79 Å². The second kappa shape index (κ2) is 6.75. The fourth-order valence-electron chi connectivity index (χ4n) is 2.03. The van der Waals surface area contributed by atoms with E-state index in [-0.39, 0.29) is 18.0 Å². The summed E-state index contributed by atoms with van der Waals surface area (Å²) in [5.41, 5.74) is 1.80. The number of hydrogen-bond donors (Lipinski definition) is 1. The predicted molar refractivity (Wildman–Crippen MR) is 88.7 cm³/mol. The van der Waals surface area contributed by atoms with Crippen molar-refractivity contribution in [3.05, 3.63) is 51.2 Å². The molecule has 0 atom stereocenters. The average molecular weight is 317 g/mol. The lowest BCUT2D eigenvalue weighted by Gasteiger charge is -2.09. The number of aryl methyl sites for hydroxylation is 2. The number of carbonyl (C=O) groups excluding carboxylic acids is 2. The van der Waals surface area contributed by atoms with E-state index in [0.29, 0.717) is 16.8 Å². The lowest BCUT2D eigenvalue weighted by atomic mass is 10.2. The first-order valence-corrected chi connectivity index (χ1v) is 7.88. The monoisotopic (exact) mass is 317 g/mol. The first kappa shape index (κ1) is 16.2. The zero-order chi connectivity index (χ0) is 16.3. The molecule has 2 aromatic rings. The zero-order valence-corrected chi connectivity index (χ0v) is 13.9. The molecule has 116 valence electrons. The molecule has 4 nitrogen and oxygen atoms in total. The fraction of sp³-hybridized carbons (Fsp3) is 0.294. The van der Waals surface area contributed by atoms with Crippen molar-refractivity contribution in [2.24, 2.45) is 0 Å². The first-order chi connectivity index (χ1) is 10.4. The number of carbonyl (C=O) groups is 2. The van der Waals surface area contributed by atoms with Gasteiger partial charge in [-0.25, -0.2) is 4.79 Å². The van der Waals surface area contributed by atoms with Gasteiger partial charge in [-0.2, -0.15) is 0 Å². The summed E-state index contributed by atoms with van der Waals surface area (Å²) in [6, 6.07) is 8.56.